The quantitative estimate of drug-likeness (QED) is 0.191. The van der Waals surface area contributed by atoms with Gasteiger partial charge < -0.3 is 9.88 Å². The summed E-state index contributed by atoms with van der Waals surface area (Å²) in [5, 5.41) is 35.5. The largest absolute Gasteiger partial charge is 0.353 e. The fraction of sp³-hybridized carbons (Fsp3) is 0.0426. The predicted molar refractivity (Wildman–Crippen MR) is 211 cm³/mol. The molecular formula is C47H31N5. The van der Waals surface area contributed by atoms with Crippen molar-refractivity contribution in [2.45, 2.75) is 6.92 Å². The number of para-hydroxylation sites is 3. The first kappa shape index (κ1) is 31.9. The van der Waals surface area contributed by atoms with Gasteiger partial charge >= 0.3 is 0 Å². The molecule has 1 aliphatic rings. The number of fused-ring (bicyclic) bond motifs is 3. The van der Waals surface area contributed by atoms with Crippen LogP contribution in [0.15, 0.2) is 163 Å². The summed E-state index contributed by atoms with van der Waals surface area (Å²) in [4.78, 5) is 0. The van der Waals surface area contributed by atoms with Crippen LogP contribution in [-0.4, -0.2) is 4.57 Å². The number of hydrogen-bond donors (Lipinski definition) is 1. The van der Waals surface area contributed by atoms with Crippen LogP contribution in [0.1, 0.15) is 23.6 Å². The lowest BCUT2D eigenvalue weighted by Gasteiger charge is -2.20. The predicted octanol–water partition coefficient (Wildman–Crippen LogP) is 11.6. The number of benzene rings is 6. The van der Waals surface area contributed by atoms with Gasteiger partial charge in [-0.05, 0) is 83.3 Å². The van der Waals surface area contributed by atoms with Crippen molar-refractivity contribution in [1.82, 2.24) is 4.57 Å². The average molecular weight is 666 g/mol. The Bertz CT molecular complexity index is 2740. The van der Waals surface area contributed by atoms with E-state index in [0.29, 0.717) is 16.8 Å². The average Bonchev–Trinajstić information content (AvgIpc) is 3.40. The Hall–Kier alpha value is -7.39. The number of aromatic nitrogens is 1. The van der Waals surface area contributed by atoms with E-state index in [1.54, 1.807) is 0 Å². The molecule has 0 saturated carbocycles. The minimum Gasteiger partial charge on any atom is -0.353 e. The Kier molecular flexibility index (Phi) is 8.26. The molecule has 0 saturated heterocycles. The topological polar surface area (TPSA) is 88.3 Å². The number of allylic oxidation sites excluding steroid dienone is 6. The number of nitrogens with zero attached hydrogens (tertiary/aromatic N) is 4. The fourth-order valence-corrected chi connectivity index (χ4v) is 7.24. The molecule has 8 rings (SSSR count). The zero-order valence-electron chi connectivity index (χ0n) is 28.4. The Morgan fingerprint density at radius 1 is 0.615 bits per heavy atom. The molecule has 1 aliphatic carbocycles. The van der Waals surface area contributed by atoms with Gasteiger partial charge in [0.25, 0.3) is 0 Å². The van der Waals surface area contributed by atoms with Crippen LogP contribution < -0.4 is 5.32 Å². The maximum Gasteiger partial charge on any atom is 0.101 e. The highest BCUT2D eigenvalue weighted by Crippen LogP contribution is 2.40. The van der Waals surface area contributed by atoms with Crippen LogP contribution in [-0.2, 0) is 0 Å². The van der Waals surface area contributed by atoms with Gasteiger partial charge in [-0.25, -0.2) is 0 Å². The van der Waals surface area contributed by atoms with Gasteiger partial charge in [0, 0.05) is 33.3 Å². The highest BCUT2D eigenvalue weighted by molar-refractivity contribution is 6.09. The van der Waals surface area contributed by atoms with E-state index in [9.17, 15) is 15.8 Å². The maximum atomic E-state index is 10.2. The minimum absolute atomic E-state index is 0.398. The Balaban J connectivity index is 1.13. The lowest BCUT2D eigenvalue weighted by molar-refractivity contribution is 1.09. The summed E-state index contributed by atoms with van der Waals surface area (Å²) < 4.78 is 2.25. The molecule has 0 fully saturated rings. The molecule has 5 heteroatoms. The van der Waals surface area contributed by atoms with Crippen molar-refractivity contribution in [3.05, 3.63) is 180 Å². The van der Waals surface area contributed by atoms with Crippen LogP contribution in [0, 0.1) is 39.9 Å². The van der Waals surface area contributed by atoms with Crippen LogP contribution in [0.5, 0.6) is 0 Å². The standard InChI is InChI=1S/C47H31N5/c1-31-9-2-3-10-36(29-49)46(31)41-13-4-6-15-43(41)51-47-37(30-50)11-8-14-39(47)35-20-18-33(19-21-35)34-22-24-38(25-23-34)52-44-16-7-5-12-40(44)42-27-32(28-48)17-26-45(42)52/h2-27,36,51H,1H3. The molecule has 52 heavy (non-hydrogen) atoms. The molecule has 0 radical (unpaired) electrons. The van der Waals surface area contributed by atoms with Crippen LogP contribution >= 0.6 is 0 Å². The SMILES string of the molecule is CC1=C(c2ccccc2Nc2c(C#N)cccc2-c2ccc(-c3ccc(-n4c5ccccc5c5cc(C#N)ccc54)cc3)cc2)C(C#N)C=CC=C1. The zero-order valence-corrected chi connectivity index (χ0v) is 28.4. The van der Waals surface area contributed by atoms with Gasteiger partial charge in [-0.2, -0.15) is 15.8 Å². The van der Waals surface area contributed by atoms with Gasteiger partial charge in [-0.15, -0.1) is 0 Å². The first-order chi connectivity index (χ1) is 25.6. The maximum absolute atomic E-state index is 10.2. The van der Waals surface area contributed by atoms with E-state index in [2.05, 4.69) is 88.8 Å². The van der Waals surface area contributed by atoms with Gasteiger partial charge in [-0.3, -0.25) is 0 Å². The third kappa shape index (κ3) is 5.62. The highest BCUT2D eigenvalue weighted by atomic mass is 15.0. The molecular weight excluding hydrogens is 635 g/mol. The van der Waals surface area contributed by atoms with Crippen molar-refractivity contribution in [2.75, 3.05) is 5.32 Å². The molecule has 1 aromatic heterocycles. The highest BCUT2D eigenvalue weighted by Gasteiger charge is 2.21. The molecule has 1 unspecified atom stereocenters. The van der Waals surface area contributed by atoms with Gasteiger partial charge in [-0.1, -0.05) is 109 Å². The molecule has 0 bridgehead atoms. The molecule has 0 amide bonds. The minimum atomic E-state index is -0.398. The van der Waals surface area contributed by atoms with Crippen LogP contribution in [0.2, 0.25) is 0 Å². The summed E-state index contributed by atoms with van der Waals surface area (Å²) in [5.74, 6) is -0.398. The number of hydrogen-bond acceptors (Lipinski definition) is 4. The van der Waals surface area contributed by atoms with E-state index in [1.165, 1.54) is 0 Å². The normalized spacial score (nSPS) is 13.8. The molecule has 244 valence electrons. The molecule has 5 nitrogen and oxygen atoms in total. The van der Waals surface area contributed by atoms with Crippen molar-refractivity contribution in [2.24, 2.45) is 5.92 Å². The molecule has 1 N–H and O–H groups in total. The van der Waals surface area contributed by atoms with Crippen LogP contribution in [0.4, 0.5) is 11.4 Å². The summed E-state index contributed by atoms with van der Waals surface area (Å²) in [6.07, 6.45) is 7.82. The second kappa shape index (κ2) is 13.5. The van der Waals surface area contributed by atoms with E-state index < -0.39 is 5.92 Å². The number of nitriles is 3. The van der Waals surface area contributed by atoms with Crippen molar-refractivity contribution in [3.63, 3.8) is 0 Å². The van der Waals surface area contributed by atoms with Crippen molar-refractivity contribution >= 4 is 38.8 Å². The summed E-state index contributed by atoms with van der Waals surface area (Å²) in [6, 6.07) is 51.9. The Morgan fingerprint density at radius 2 is 1.31 bits per heavy atom. The lowest BCUT2D eigenvalue weighted by atomic mass is 9.88. The van der Waals surface area contributed by atoms with Crippen LogP contribution in [0.3, 0.4) is 0 Å². The third-order valence-corrected chi connectivity index (χ3v) is 9.75. The van der Waals surface area contributed by atoms with Crippen LogP contribution in [0.25, 0.3) is 55.3 Å². The molecule has 1 heterocycles. The Morgan fingerprint density at radius 3 is 2.08 bits per heavy atom. The third-order valence-electron chi connectivity index (χ3n) is 9.75. The van der Waals surface area contributed by atoms with Gasteiger partial charge in [0.1, 0.15) is 6.07 Å². The smallest absolute Gasteiger partial charge is 0.101 e. The summed E-state index contributed by atoms with van der Waals surface area (Å²) in [7, 11) is 0. The zero-order chi connectivity index (χ0) is 35.6. The van der Waals surface area contributed by atoms with E-state index in [4.69, 9.17) is 0 Å². The second-order valence-corrected chi connectivity index (χ2v) is 12.8. The fourth-order valence-electron chi connectivity index (χ4n) is 7.24. The number of nitrogens with one attached hydrogen (secondary N) is 1. The van der Waals surface area contributed by atoms with E-state index in [0.717, 1.165) is 72.1 Å². The van der Waals surface area contributed by atoms with Crippen molar-refractivity contribution < 1.29 is 0 Å². The molecule has 0 aliphatic heterocycles. The monoisotopic (exact) mass is 665 g/mol. The number of anilines is 2. The summed E-state index contributed by atoms with van der Waals surface area (Å²) in [6.45, 7) is 2.03. The Labute approximate surface area is 302 Å². The first-order valence-electron chi connectivity index (χ1n) is 17.1. The van der Waals surface area contributed by atoms with E-state index in [1.807, 2.05) is 104 Å². The molecule has 1 atom stereocenters. The van der Waals surface area contributed by atoms with E-state index in [-0.39, 0.29) is 0 Å². The van der Waals surface area contributed by atoms with Gasteiger partial charge in [0.2, 0.25) is 0 Å². The molecule has 7 aromatic rings. The van der Waals surface area contributed by atoms with Gasteiger partial charge in [0.05, 0.1) is 45.9 Å². The summed E-state index contributed by atoms with van der Waals surface area (Å²) >= 11 is 0. The van der Waals surface area contributed by atoms with Crippen molar-refractivity contribution in [1.29, 1.82) is 15.8 Å². The lowest BCUT2D eigenvalue weighted by Crippen LogP contribution is -2.05. The first-order valence-corrected chi connectivity index (χ1v) is 17.1. The van der Waals surface area contributed by atoms with E-state index >= 15 is 0 Å². The van der Waals surface area contributed by atoms with Crippen molar-refractivity contribution in [3.8, 4) is 46.1 Å². The molecule has 0 spiro atoms. The number of rotatable bonds is 6. The van der Waals surface area contributed by atoms with Gasteiger partial charge in [0.15, 0.2) is 0 Å². The summed E-state index contributed by atoms with van der Waals surface area (Å²) in [5.41, 5.74) is 12.9. The molecule has 6 aromatic carbocycles. The second-order valence-electron chi connectivity index (χ2n) is 12.8.